The summed E-state index contributed by atoms with van der Waals surface area (Å²) in [7, 11) is 2.01. The topological polar surface area (TPSA) is 64.4 Å². The van der Waals surface area contributed by atoms with E-state index >= 15 is 0 Å². The Kier molecular flexibility index (Phi) is 5.46. The molecule has 1 fully saturated rings. The molecule has 0 aromatic carbocycles. The monoisotopic (exact) mass is 261 g/mol. The van der Waals surface area contributed by atoms with Gasteiger partial charge >= 0.3 is 0 Å². The van der Waals surface area contributed by atoms with Crippen molar-refractivity contribution in [2.75, 3.05) is 20.1 Å². The predicted molar refractivity (Wildman–Crippen MR) is 71.9 cm³/mol. The maximum Gasteiger partial charge on any atom is 0.253 e. The third kappa shape index (κ3) is 3.52. The van der Waals surface area contributed by atoms with Crippen LogP contribution >= 0.6 is 0 Å². The molecule has 102 valence electrons. The molecule has 19 heavy (non-hydrogen) atoms. The van der Waals surface area contributed by atoms with E-state index in [1.165, 1.54) is 0 Å². The second-order valence-corrected chi connectivity index (χ2v) is 4.67. The van der Waals surface area contributed by atoms with Gasteiger partial charge in [0.15, 0.2) is 0 Å². The largest absolute Gasteiger partial charge is 0.306 e. The van der Waals surface area contributed by atoms with Gasteiger partial charge in [0.05, 0.1) is 6.07 Å². The van der Waals surface area contributed by atoms with Crippen molar-refractivity contribution in [2.24, 2.45) is 5.92 Å². The maximum absolute atomic E-state index is 11.8. The fourth-order valence-corrected chi connectivity index (χ4v) is 2.30. The smallest absolute Gasteiger partial charge is 0.253 e. The van der Waals surface area contributed by atoms with Crippen molar-refractivity contribution in [1.29, 1.82) is 5.26 Å². The van der Waals surface area contributed by atoms with E-state index in [9.17, 15) is 14.9 Å². The number of hydrogen-bond acceptors (Lipinski definition) is 4. The number of imide groups is 1. The van der Waals surface area contributed by atoms with Crippen LogP contribution in [0.1, 0.15) is 12.8 Å². The Labute approximate surface area is 113 Å². The molecule has 0 spiro atoms. The lowest BCUT2D eigenvalue weighted by Crippen LogP contribution is -2.48. The van der Waals surface area contributed by atoms with Crippen molar-refractivity contribution < 1.29 is 9.59 Å². The molecule has 0 radical (unpaired) electrons. The molecule has 5 nitrogen and oxygen atoms in total. The van der Waals surface area contributed by atoms with E-state index in [0.717, 1.165) is 43.0 Å². The SMILES string of the molecule is C=CC(=O)N(C(=O)C=C)C(C#N)C1CCN(C)CC1. The molecule has 0 aromatic heterocycles. The summed E-state index contributed by atoms with van der Waals surface area (Å²) < 4.78 is 0. The number of nitrogens with zero attached hydrogens (tertiary/aromatic N) is 3. The van der Waals surface area contributed by atoms with Gasteiger partial charge in [-0.3, -0.25) is 14.5 Å². The van der Waals surface area contributed by atoms with Gasteiger partial charge in [-0.25, -0.2) is 0 Å². The van der Waals surface area contributed by atoms with E-state index in [0.29, 0.717) is 0 Å². The van der Waals surface area contributed by atoms with Gasteiger partial charge in [0.25, 0.3) is 11.8 Å². The molecule has 0 bridgehead atoms. The Morgan fingerprint density at radius 2 is 1.79 bits per heavy atom. The van der Waals surface area contributed by atoms with Gasteiger partial charge in [0.2, 0.25) is 0 Å². The second-order valence-electron chi connectivity index (χ2n) is 4.67. The van der Waals surface area contributed by atoms with Gasteiger partial charge in [-0.1, -0.05) is 13.2 Å². The third-order valence-corrected chi connectivity index (χ3v) is 3.44. The first-order valence-electron chi connectivity index (χ1n) is 6.25. The third-order valence-electron chi connectivity index (χ3n) is 3.44. The molecule has 1 heterocycles. The van der Waals surface area contributed by atoms with Crippen LogP contribution in [0.15, 0.2) is 25.3 Å². The highest BCUT2D eigenvalue weighted by Gasteiger charge is 2.34. The molecule has 0 aliphatic carbocycles. The Morgan fingerprint density at radius 3 is 2.16 bits per heavy atom. The van der Waals surface area contributed by atoms with Crippen LogP contribution < -0.4 is 0 Å². The van der Waals surface area contributed by atoms with Crippen LogP contribution in [0.3, 0.4) is 0 Å². The number of likely N-dealkylation sites (tertiary alicyclic amines) is 1. The summed E-state index contributed by atoms with van der Waals surface area (Å²) >= 11 is 0. The first-order chi connectivity index (χ1) is 9.04. The van der Waals surface area contributed by atoms with E-state index in [-0.39, 0.29) is 5.92 Å². The normalized spacial score (nSPS) is 18.1. The average Bonchev–Trinajstić information content (AvgIpc) is 2.44. The lowest BCUT2D eigenvalue weighted by atomic mass is 9.89. The number of amides is 2. The summed E-state index contributed by atoms with van der Waals surface area (Å²) in [6.45, 7) is 8.48. The van der Waals surface area contributed by atoms with E-state index in [2.05, 4.69) is 24.1 Å². The Bertz CT molecular complexity index is 397. The van der Waals surface area contributed by atoms with Crippen molar-refractivity contribution in [1.82, 2.24) is 9.80 Å². The van der Waals surface area contributed by atoms with E-state index < -0.39 is 17.9 Å². The van der Waals surface area contributed by atoms with Gasteiger partial charge in [-0.15, -0.1) is 0 Å². The van der Waals surface area contributed by atoms with Gasteiger partial charge in [0.1, 0.15) is 6.04 Å². The summed E-state index contributed by atoms with van der Waals surface area (Å²) in [6.07, 6.45) is 3.70. The first-order valence-corrected chi connectivity index (χ1v) is 6.25. The molecule has 2 amide bonds. The van der Waals surface area contributed by atoms with Crippen LogP contribution in [0.2, 0.25) is 0 Å². The van der Waals surface area contributed by atoms with Crippen LogP contribution in [0, 0.1) is 17.2 Å². The Balaban J connectivity index is 2.94. The summed E-state index contributed by atoms with van der Waals surface area (Å²) in [4.78, 5) is 26.7. The molecule has 0 saturated carbocycles. The second kappa shape index (κ2) is 6.86. The zero-order chi connectivity index (χ0) is 14.4. The van der Waals surface area contributed by atoms with Crippen LogP contribution in [0.4, 0.5) is 0 Å². The van der Waals surface area contributed by atoms with Crippen LogP contribution in [-0.2, 0) is 9.59 Å². The highest BCUT2D eigenvalue weighted by atomic mass is 16.2. The molecule has 5 heteroatoms. The van der Waals surface area contributed by atoms with Gasteiger partial charge in [0, 0.05) is 0 Å². The van der Waals surface area contributed by atoms with Crippen LogP contribution in [0.5, 0.6) is 0 Å². The van der Waals surface area contributed by atoms with Gasteiger partial charge < -0.3 is 4.90 Å². The number of carbonyl (C=O) groups is 2. The predicted octanol–water partition coefficient (Wildman–Crippen LogP) is 0.948. The van der Waals surface area contributed by atoms with Crippen molar-refractivity contribution in [3.05, 3.63) is 25.3 Å². The van der Waals surface area contributed by atoms with Crippen molar-refractivity contribution >= 4 is 11.8 Å². The molecule has 1 atom stereocenters. The first kappa shape index (κ1) is 15.1. The molecule has 1 saturated heterocycles. The molecule has 1 rings (SSSR count). The molecule has 1 unspecified atom stereocenters. The van der Waals surface area contributed by atoms with Crippen molar-refractivity contribution in [3.63, 3.8) is 0 Å². The fourth-order valence-electron chi connectivity index (χ4n) is 2.30. The molecule has 1 aliphatic rings. The highest BCUT2D eigenvalue weighted by Crippen LogP contribution is 2.24. The molecular formula is C14H19N3O2. The van der Waals surface area contributed by atoms with E-state index in [4.69, 9.17) is 0 Å². The quantitative estimate of drug-likeness (QED) is 0.707. The summed E-state index contributed by atoms with van der Waals surface area (Å²) in [5.41, 5.74) is 0. The van der Waals surface area contributed by atoms with E-state index in [1.807, 2.05) is 7.05 Å². The number of hydrogen-bond donors (Lipinski definition) is 0. The fraction of sp³-hybridized carbons (Fsp3) is 0.500. The van der Waals surface area contributed by atoms with Gasteiger partial charge in [-0.05, 0) is 51.0 Å². The average molecular weight is 261 g/mol. The highest BCUT2D eigenvalue weighted by molar-refractivity contribution is 6.05. The minimum atomic E-state index is -0.746. The maximum atomic E-state index is 11.8. The van der Waals surface area contributed by atoms with Crippen molar-refractivity contribution in [2.45, 2.75) is 18.9 Å². The molecule has 0 aromatic rings. The zero-order valence-corrected chi connectivity index (χ0v) is 11.2. The molecule has 1 aliphatic heterocycles. The van der Waals surface area contributed by atoms with Crippen LogP contribution in [0.25, 0.3) is 0 Å². The lowest BCUT2D eigenvalue weighted by molar-refractivity contribution is -0.141. The Hall–Kier alpha value is -1.93. The molecule has 0 N–H and O–H groups in total. The number of piperidine rings is 1. The Morgan fingerprint density at radius 1 is 1.32 bits per heavy atom. The van der Waals surface area contributed by atoms with E-state index in [1.54, 1.807) is 0 Å². The number of rotatable bonds is 4. The number of carbonyl (C=O) groups excluding carboxylic acids is 2. The summed E-state index contributed by atoms with van der Waals surface area (Å²) in [5, 5.41) is 9.33. The summed E-state index contributed by atoms with van der Waals surface area (Å²) in [6, 6.07) is 1.34. The minimum Gasteiger partial charge on any atom is -0.306 e. The minimum absolute atomic E-state index is 0.00833. The van der Waals surface area contributed by atoms with Gasteiger partial charge in [-0.2, -0.15) is 5.26 Å². The van der Waals surface area contributed by atoms with Crippen molar-refractivity contribution in [3.8, 4) is 6.07 Å². The number of nitriles is 1. The molecular weight excluding hydrogens is 242 g/mol. The zero-order valence-electron chi connectivity index (χ0n) is 11.2. The lowest BCUT2D eigenvalue weighted by Gasteiger charge is -2.35. The van der Waals surface area contributed by atoms with Crippen LogP contribution in [-0.4, -0.2) is 47.8 Å². The summed E-state index contributed by atoms with van der Waals surface area (Å²) in [5.74, 6) is -1.08. The standard InChI is InChI=1S/C14H19N3O2/c1-4-13(18)17(14(19)5-2)12(10-15)11-6-8-16(3)9-7-11/h4-5,11-12H,1-2,6-9H2,3H3.